The SMILES string of the molecule is C[C@@H](OC(=O)CCNC(=O)/C=C/c1ccccc1)C(=O)Nc1ccc(F)c(Cl)c1. The maximum Gasteiger partial charge on any atom is 0.308 e. The first-order chi connectivity index (χ1) is 13.8. The van der Waals surface area contributed by atoms with E-state index in [0.29, 0.717) is 0 Å². The number of halogens is 2. The highest BCUT2D eigenvalue weighted by molar-refractivity contribution is 6.31. The molecule has 0 radical (unpaired) electrons. The van der Waals surface area contributed by atoms with Crippen molar-refractivity contribution in [1.29, 1.82) is 0 Å². The minimum absolute atomic E-state index is 0.0682. The van der Waals surface area contributed by atoms with Gasteiger partial charge < -0.3 is 15.4 Å². The fraction of sp³-hybridized carbons (Fsp3) is 0.190. The Labute approximate surface area is 172 Å². The summed E-state index contributed by atoms with van der Waals surface area (Å²) < 4.78 is 18.2. The molecule has 1 atom stereocenters. The molecule has 2 aromatic rings. The molecule has 2 rings (SSSR count). The van der Waals surface area contributed by atoms with E-state index in [1.165, 1.54) is 25.1 Å². The van der Waals surface area contributed by atoms with E-state index in [0.717, 1.165) is 11.6 Å². The number of esters is 1. The van der Waals surface area contributed by atoms with Crippen LogP contribution in [0.4, 0.5) is 10.1 Å². The smallest absolute Gasteiger partial charge is 0.308 e. The molecule has 152 valence electrons. The van der Waals surface area contributed by atoms with Gasteiger partial charge in [-0.05, 0) is 36.8 Å². The number of hydrogen-bond donors (Lipinski definition) is 2. The first-order valence-electron chi connectivity index (χ1n) is 8.81. The van der Waals surface area contributed by atoms with Gasteiger partial charge in [-0.2, -0.15) is 0 Å². The average molecular weight is 419 g/mol. The second kappa shape index (κ2) is 11.0. The van der Waals surface area contributed by atoms with Gasteiger partial charge in [-0.15, -0.1) is 0 Å². The van der Waals surface area contributed by atoms with Gasteiger partial charge in [0.2, 0.25) is 5.91 Å². The molecule has 0 fully saturated rings. The van der Waals surface area contributed by atoms with Crippen LogP contribution in [0.2, 0.25) is 5.02 Å². The van der Waals surface area contributed by atoms with Crippen LogP contribution in [0.1, 0.15) is 18.9 Å². The number of benzene rings is 2. The van der Waals surface area contributed by atoms with Crippen molar-refractivity contribution < 1.29 is 23.5 Å². The van der Waals surface area contributed by atoms with Crippen LogP contribution in [0.25, 0.3) is 6.08 Å². The molecule has 0 bridgehead atoms. The second-order valence-corrected chi connectivity index (χ2v) is 6.44. The van der Waals surface area contributed by atoms with E-state index in [1.807, 2.05) is 30.3 Å². The molecule has 0 aliphatic rings. The van der Waals surface area contributed by atoms with Gasteiger partial charge in [0.15, 0.2) is 6.10 Å². The number of hydrogen-bond acceptors (Lipinski definition) is 4. The van der Waals surface area contributed by atoms with Crippen molar-refractivity contribution in [3.8, 4) is 0 Å². The van der Waals surface area contributed by atoms with Gasteiger partial charge in [-0.3, -0.25) is 14.4 Å². The number of nitrogens with one attached hydrogen (secondary N) is 2. The topological polar surface area (TPSA) is 84.5 Å². The largest absolute Gasteiger partial charge is 0.452 e. The number of rotatable bonds is 8. The van der Waals surface area contributed by atoms with Crippen LogP contribution in [0.3, 0.4) is 0 Å². The van der Waals surface area contributed by atoms with Gasteiger partial charge in [-0.1, -0.05) is 41.9 Å². The Morgan fingerprint density at radius 2 is 1.90 bits per heavy atom. The van der Waals surface area contributed by atoms with Gasteiger partial charge in [0.1, 0.15) is 5.82 Å². The zero-order chi connectivity index (χ0) is 21.2. The van der Waals surface area contributed by atoms with E-state index in [2.05, 4.69) is 10.6 Å². The molecule has 8 heteroatoms. The second-order valence-electron chi connectivity index (χ2n) is 6.04. The molecule has 0 saturated heterocycles. The zero-order valence-corrected chi connectivity index (χ0v) is 16.4. The lowest BCUT2D eigenvalue weighted by Crippen LogP contribution is -2.31. The molecular weight excluding hydrogens is 399 g/mol. The first-order valence-corrected chi connectivity index (χ1v) is 9.19. The van der Waals surface area contributed by atoms with Crippen molar-refractivity contribution in [1.82, 2.24) is 5.32 Å². The summed E-state index contributed by atoms with van der Waals surface area (Å²) in [7, 11) is 0. The maximum atomic E-state index is 13.1. The fourth-order valence-corrected chi connectivity index (χ4v) is 2.39. The molecule has 0 aliphatic heterocycles. The number of anilines is 1. The van der Waals surface area contributed by atoms with Gasteiger partial charge in [0.25, 0.3) is 5.91 Å². The van der Waals surface area contributed by atoms with E-state index in [4.69, 9.17) is 16.3 Å². The molecule has 0 aliphatic carbocycles. The summed E-state index contributed by atoms with van der Waals surface area (Å²) >= 11 is 5.65. The van der Waals surface area contributed by atoms with Crippen LogP contribution >= 0.6 is 11.6 Å². The monoisotopic (exact) mass is 418 g/mol. The van der Waals surface area contributed by atoms with E-state index >= 15 is 0 Å². The molecule has 0 heterocycles. The highest BCUT2D eigenvalue weighted by Gasteiger charge is 2.18. The van der Waals surface area contributed by atoms with Gasteiger partial charge in [0, 0.05) is 18.3 Å². The Balaban J connectivity index is 1.71. The predicted octanol–water partition coefficient (Wildman–Crippen LogP) is 3.57. The summed E-state index contributed by atoms with van der Waals surface area (Å²) in [6.07, 6.45) is 1.86. The van der Waals surface area contributed by atoms with Crippen molar-refractivity contribution in [2.24, 2.45) is 0 Å². The van der Waals surface area contributed by atoms with Crippen molar-refractivity contribution in [2.45, 2.75) is 19.4 Å². The van der Waals surface area contributed by atoms with Crippen LogP contribution in [0, 0.1) is 5.82 Å². The number of carbonyl (C=O) groups excluding carboxylic acids is 3. The Hall–Kier alpha value is -3.19. The standard InChI is InChI=1S/C21H20ClFN2O4/c1-14(21(28)25-16-8-9-18(23)17(22)13-16)29-20(27)11-12-24-19(26)10-7-15-5-3-2-4-6-15/h2-10,13-14H,11-12H2,1H3,(H,24,26)(H,25,28)/b10-7+/t14-/m1/s1. The van der Waals surface area contributed by atoms with Crippen LogP contribution < -0.4 is 10.6 Å². The third-order valence-electron chi connectivity index (χ3n) is 3.72. The lowest BCUT2D eigenvalue weighted by Gasteiger charge is -2.14. The normalized spacial score (nSPS) is 11.7. The molecule has 6 nitrogen and oxygen atoms in total. The Bertz CT molecular complexity index is 903. The maximum absolute atomic E-state index is 13.1. The van der Waals surface area contributed by atoms with Crippen LogP contribution in [-0.2, 0) is 19.1 Å². The summed E-state index contributed by atoms with van der Waals surface area (Å²) in [5.41, 5.74) is 1.16. The predicted molar refractivity (Wildman–Crippen MR) is 109 cm³/mol. The van der Waals surface area contributed by atoms with Crippen LogP contribution in [0.15, 0.2) is 54.6 Å². The molecule has 2 aromatic carbocycles. The summed E-state index contributed by atoms with van der Waals surface area (Å²) in [5.74, 6) is -2.18. The first kappa shape index (κ1) is 22.1. The van der Waals surface area contributed by atoms with Gasteiger partial charge >= 0.3 is 5.97 Å². The van der Waals surface area contributed by atoms with Crippen molar-refractivity contribution >= 4 is 41.1 Å². The van der Waals surface area contributed by atoms with E-state index in [-0.39, 0.29) is 29.6 Å². The summed E-state index contributed by atoms with van der Waals surface area (Å²) in [5, 5.41) is 4.90. The third-order valence-corrected chi connectivity index (χ3v) is 4.01. The molecule has 0 aromatic heterocycles. The molecule has 0 spiro atoms. The van der Waals surface area contributed by atoms with E-state index in [1.54, 1.807) is 6.08 Å². The van der Waals surface area contributed by atoms with Crippen molar-refractivity contribution in [3.63, 3.8) is 0 Å². The van der Waals surface area contributed by atoms with Crippen molar-refractivity contribution in [3.05, 3.63) is 71.0 Å². The van der Waals surface area contributed by atoms with Crippen molar-refractivity contribution in [2.75, 3.05) is 11.9 Å². The Morgan fingerprint density at radius 1 is 1.17 bits per heavy atom. The quantitative estimate of drug-likeness (QED) is 0.507. The van der Waals surface area contributed by atoms with Gasteiger partial charge in [-0.25, -0.2) is 4.39 Å². The Morgan fingerprint density at radius 3 is 2.59 bits per heavy atom. The zero-order valence-electron chi connectivity index (χ0n) is 15.7. The number of ether oxygens (including phenoxy) is 1. The third kappa shape index (κ3) is 7.75. The average Bonchev–Trinajstić information content (AvgIpc) is 2.70. The molecule has 0 unspecified atom stereocenters. The lowest BCUT2D eigenvalue weighted by molar-refractivity contribution is -0.153. The number of carbonyl (C=O) groups is 3. The van der Waals surface area contributed by atoms with E-state index < -0.39 is 23.8 Å². The van der Waals surface area contributed by atoms with Gasteiger partial charge in [0.05, 0.1) is 11.4 Å². The highest BCUT2D eigenvalue weighted by Crippen LogP contribution is 2.19. The fourth-order valence-electron chi connectivity index (χ4n) is 2.21. The highest BCUT2D eigenvalue weighted by atomic mass is 35.5. The summed E-state index contributed by atoms with van der Waals surface area (Å²) in [6, 6.07) is 13.0. The molecule has 29 heavy (non-hydrogen) atoms. The molecule has 2 N–H and O–H groups in total. The number of amides is 2. The summed E-state index contributed by atoms with van der Waals surface area (Å²) in [6.45, 7) is 1.47. The van der Waals surface area contributed by atoms with Crippen LogP contribution in [0.5, 0.6) is 0 Å². The van der Waals surface area contributed by atoms with E-state index in [9.17, 15) is 18.8 Å². The minimum Gasteiger partial charge on any atom is -0.452 e. The molecule has 0 saturated carbocycles. The molecular formula is C21H20ClFN2O4. The lowest BCUT2D eigenvalue weighted by atomic mass is 10.2. The van der Waals surface area contributed by atoms with Crippen LogP contribution in [-0.4, -0.2) is 30.4 Å². The Kier molecular flexibility index (Phi) is 8.36. The summed E-state index contributed by atoms with van der Waals surface area (Å²) in [4.78, 5) is 35.6. The molecule has 2 amide bonds. The minimum atomic E-state index is -1.07.